The molecule has 1 aliphatic carbocycles. The lowest BCUT2D eigenvalue weighted by Gasteiger charge is -2.32. The van der Waals surface area contributed by atoms with Crippen LogP contribution in [0.15, 0.2) is 30.5 Å². The van der Waals surface area contributed by atoms with E-state index in [0.717, 1.165) is 61.2 Å². The van der Waals surface area contributed by atoms with Crippen molar-refractivity contribution in [1.82, 2.24) is 25.3 Å². The van der Waals surface area contributed by atoms with E-state index in [9.17, 15) is 4.79 Å². The number of aromatic amines is 2. The van der Waals surface area contributed by atoms with Crippen LogP contribution in [-0.2, 0) is 12.8 Å². The van der Waals surface area contributed by atoms with Gasteiger partial charge in [0, 0.05) is 41.5 Å². The fraction of sp³-hybridized carbons (Fsp3) is 0.409. The Morgan fingerprint density at radius 1 is 1.14 bits per heavy atom. The van der Waals surface area contributed by atoms with Crippen LogP contribution in [0.3, 0.4) is 0 Å². The second-order valence-electron chi connectivity index (χ2n) is 8.04. The van der Waals surface area contributed by atoms with Gasteiger partial charge in [-0.3, -0.25) is 15.0 Å². The van der Waals surface area contributed by atoms with Crippen molar-refractivity contribution in [1.29, 1.82) is 0 Å². The van der Waals surface area contributed by atoms with Crippen molar-refractivity contribution >= 4 is 5.91 Å². The van der Waals surface area contributed by atoms with Crippen LogP contribution in [-0.4, -0.2) is 44.3 Å². The summed E-state index contributed by atoms with van der Waals surface area (Å²) in [6, 6.07) is 8.53. The predicted octanol–water partition coefficient (Wildman–Crippen LogP) is 3.62. The van der Waals surface area contributed by atoms with Crippen LogP contribution in [0.5, 0.6) is 0 Å². The van der Waals surface area contributed by atoms with Crippen molar-refractivity contribution in [3.05, 3.63) is 58.7 Å². The number of H-pyrrole nitrogens is 2. The second-order valence-corrected chi connectivity index (χ2v) is 8.04. The van der Waals surface area contributed by atoms with Crippen LogP contribution in [0.1, 0.15) is 58.2 Å². The Bertz CT molecular complexity index is 1000. The molecular weight excluding hydrogens is 350 g/mol. The first kappa shape index (κ1) is 17.2. The summed E-state index contributed by atoms with van der Waals surface area (Å²) in [7, 11) is 0. The number of benzene rings is 1. The molecule has 6 heteroatoms. The summed E-state index contributed by atoms with van der Waals surface area (Å²) in [5.41, 5.74) is 7.60. The Balaban J connectivity index is 1.39. The summed E-state index contributed by atoms with van der Waals surface area (Å²) in [6.07, 6.45) is 7.04. The van der Waals surface area contributed by atoms with E-state index in [0.29, 0.717) is 12.2 Å². The highest BCUT2D eigenvalue weighted by Crippen LogP contribution is 2.34. The summed E-state index contributed by atoms with van der Waals surface area (Å²) in [4.78, 5) is 15.1. The number of hydrogen-bond acceptors (Lipinski definition) is 3. The molecule has 1 atom stereocenters. The number of fused-ring (bicyclic) bond motifs is 1. The van der Waals surface area contributed by atoms with Crippen LogP contribution in [0.2, 0.25) is 0 Å². The first-order valence-electron chi connectivity index (χ1n) is 10.2. The molecule has 1 unspecified atom stereocenters. The van der Waals surface area contributed by atoms with E-state index in [-0.39, 0.29) is 11.8 Å². The number of likely N-dealkylation sites (tertiary alicyclic amines) is 1. The Hall–Kier alpha value is -2.89. The summed E-state index contributed by atoms with van der Waals surface area (Å²) < 4.78 is 0. The molecule has 2 aromatic heterocycles. The van der Waals surface area contributed by atoms with E-state index in [2.05, 4.69) is 51.6 Å². The Labute approximate surface area is 164 Å². The standard InChI is InChI=1S/C22H25N5O/c1-14-7-9-15(10-8-14)18-12-23-25-20(18)16-4-3-11-27(13-16)22(28)21-17-5-2-6-19(17)24-26-21/h7-10,12,16H,2-6,11,13H2,1H3,(H,23,25)(H,24,26). The number of amides is 1. The molecule has 3 heterocycles. The van der Waals surface area contributed by atoms with Gasteiger partial charge in [0.15, 0.2) is 5.69 Å². The zero-order valence-electron chi connectivity index (χ0n) is 16.2. The fourth-order valence-electron chi connectivity index (χ4n) is 4.61. The number of aromatic nitrogens is 4. The zero-order chi connectivity index (χ0) is 19.1. The highest BCUT2D eigenvalue weighted by Gasteiger charge is 2.31. The summed E-state index contributed by atoms with van der Waals surface area (Å²) in [5, 5.41) is 14.9. The van der Waals surface area contributed by atoms with Gasteiger partial charge >= 0.3 is 0 Å². The minimum absolute atomic E-state index is 0.0699. The number of carbonyl (C=O) groups is 1. The molecule has 0 spiro atoms. The lowest BCUT2D eigenvalue weighted by molar-refractivity contribution is 0.0699. The number of rotatable bonds is 3. The maximum absolute atomic E-state index is 13.1. The number of aryl methyl sites for hydroxylation is 2. The van der Waals surface area contributed by atoms with Gasteiger partial charge in [-0.1, -0.05) is 29.8 Å². The van der Waals surface area contributed by atoms with E-state index in [4.69, 9.17) is 0 Å². The Kier molecular flexibility index (Phi) is 4.26. The van der Waals surface area contributed by atoms with Crippen molar-refractivity contribution in [3.63, 3.8) is 0 Å². The monoisotopic (exact) mass is 375 g/mol. The molecule has 6 nitrogen and oxygen atoms in total. The Morgan fingerprint density at radius 2 is 2.00 bits per heavy atom. The van der Waals surface area contributed by atoms with Gasteiger partial charge in [0.1, 0.15) is 0 Å². The average Bonchev–Trinajstić information content (AvgIpc) is 3.45. The van der Waals surface area contributed by atoms with E-state index >= 15 is 0 Å². The molecule has 3 aromatic rings. The fourth-order valence-corrected chi connectivity index (χ4v) is 4.61. The van der Waals surface area contributed by atoms with E-state index < -0.39 is 0 Å². The summed E-state index contributed by atoms with van der Waals surface area (Å²) in [6.45, 7) is 3.60. The van der Waals surface area contributed by atoms with Crippen molar-refractivity contribution < 1.29 is 4.79 Å². The molecule has 2 aliphatic rings. The van der Waals surface area contributed by atoms with Gasteiger partial charge in [-0.2, -0.15) is 10.2 Å². The third-order valence-electron chi connectivity index (χ3n) is 6.16. The van der Waals surface area contributed by atoms with Crippen molar-refractivity contribution in [2.75, 3.05) is 13.1 Å². The van der Waals surface area contributed by atoms with Crippen molar-refractivity contribution in [2.45, 2.75) is 44.9 Å². The number of nitrogens with zero attached hydrogens (tertiary/aromatic N) is 3. The number of hydrogen-bond donors (Lipinski definition) is 2. The van der Waals surface area contributed by atoms with Crippen LogP contribution in [0, 0.1) is 6.92 Å². The molecule has 1 fully saturated rings. The SMILES string of the molecule is Cc1ccc(-c2cn[nH]c2C2CCCN(C(=O)c3n[nH]c4c3CCC4)C2)cc1. The maximum Gasteiger partial charge on any atom is 0.274 e. The quantitative estimate of drug-likeness (QED) is 0.734. The topological polar surface area (TPSA) is 77.7 Å². The zero-order valence-corrected chi connectivity index (χ0v) is 16.2. The van der Waals surface area contributed by atoms with Crippen LogP contribution in [0.4, 0.5) is 0 Å². The predicted molar refractivity (Wildman–Crippen MR) is 107 cm³/mol. The van der Waals surface area contributed by atoms with E-state index in [1.807, 2.05) is 11.1 Å². The molecule has 144 valence electrons. The van der Waals surface area contributed by atoms with Gasteiger partial charge in [-0.05, 0) is 44.6 Å². The Morgan fingerprint density at radius 3 is 2.86 bits per heavy atom. The number of piperidine rings is 1. The molecule has 1 aliphatic heterocycles. The lowest BCUT2D eigenvalue weighted by atomic mass is 9.90. The normalized spacial score (nSPS) is 19.0. The maximum atomic E-state index is 13.1. The average molecular weight is 375 g/mol. The van der Waals surface area contributed by atoms with Gasteiger partial charge in [-0.15, -0.1) is 0 Å². The van der Waals surface area contributed by atoms with Gasteiger partial charge in [0.05, 0.1) is 6.20 Å². The molecule has 1 aromatic carbocycles. The minimum atomic E-state index is 0.0699. The summed E-state index contributed by atoms with van der Waals surface area (Å²) >= 11 is 0. The molecule has 1 amide bonds. The van der Waals surface area contributed by atoms with Crippen LogP contribution < -0.4 is 0 Å². The molecule has 0 radical (unpaired) electrons. The third-order valence-corrected chi connectivity index (χ3v) is 6.16. The van der Waals surface area contributed by atoms with Gasteiger partial charge in [-0.25, -0.2) is 0 Å². The minimum Gasteiger partial charge on any atom is -0.337 e. The van der Waals surface area contributed by atoms with E-state index in [1.165, 1.54) is 11.1 Å². The number of carbonyl (C=O) groups excluding carboxylic acids is 1. The molecule has 0 bridgehead atoms. The van der Waals surface area contributed by atoms with Gasteiger partial charge in [0.25, 0.3) is 5.91 Å². The van der Waals surface area contributed by atoms with Gasteiger partial charge < -0.3 is 4.90 Å². The van der Waals surface area contributed by atoms with Crippen LogP contribution in [0.25, 0.3) is 11.1 Å². The van der Waals surface area contributed by atoms with Crippen molar-refractivity contribution in [2.24, 2.45) is 0 Å². The molecule has 2 N–H and O–H groups in total. The molecule has 5 rings (SSSR count). The smallest absolute Gasteiger partial charge is 0.274 e. The van der Waals surface area contributed by atoms with Gasteiger partial charge in [0.2, 0.25) is 0 Å². The van der Waals surface area contributed by atoms with E-state index in [1.54, 1.807) is 0 Å². The first-order chi connectivity index (χ1) is 13.7. The highest BCUT2D eigenvalue weighted by atomic mass is 16.2. The largest absolute Gasteiger partial charge is 0.337 e. The highest BCUT2D eigenvalue weighted by molar-refractivity contribution is 5.94. The molecule has 0 saturated carbocycles. The van der Waals surface area contributed by atoms with Crippen LogP contribution >= 0.6 is 0 Å². The lowest BCUT2D eigenvalue weighted by Crippen LogP contribution is -2.39. The second kappa shape index (κ2) is 6.93. The number of nitrogens with one attached hydrogen (secondary N) is 2. The molecule has 1 saturated heterocycles. The molecular formula is C22H25N5O. The third kappa shape index (κ3) is 2.93. The van der Waals surface area contributed by atoms with Crippen molar-refractivity contribution in [3.8, 4) is 11.1 Å². The first-order valence-corrected chi connectivity index (χ1v) is 10.2. The summed E-state index contributed by atoms with van der Waals surface area (Å²) in [5.74, 6) is 0.337. The molecule has 28 heavy (non-hydrogen) atoms.